The first kappa shape index (κ1) is 38.5. The van der Waals surface area contributed by atoms with E-state index in [1.165, 1.54) is 24.3 Å². The highest BCUT2D eigenvalue weighted by Gasteiger charge is 2.68. The number of rotatable bonds is 9. The molecule has 6 N–H and O–H groups in total. The molecular formula is C44H46N2O11. The Balaban J connectivity index is 0.980. The molecule has 298 valence electrons. The third-order valence-electron chi connectivity index (χ3n) is 13.9. The maximum absolute atomic E-state index is 13.0. The van der Waals surface area contributed by atoms with Crippen LogP contribution in [0.3, 0.4) is 0 Å². The van der Waals surface area contributed by atoms with Gasteiger partial charge in [-0.1, -0.05) is 42.8 Å². The van der Waals surface area contributed by atoms with Gasteiger partial charge in [-0.25, -0.2) is 4.79 Å². The van der Waals surface area contributed by atoms with Crippen LogP contribution in [0.5, 0.6) is 5.75 Å². The monoisotopic (exact) mass is 778 g/mol. The molecule has 13 heteroatoms. The number of aromatic carboxylic acids is 1. The molecule has 3 saturated carbocycles. The van der Waals surface area contributed by atoms with Crippen LogP contribution >= 0.6 is 0 Å². The van der Waals surface area contributed by atoms with Crippen LogP contribution in [0.1, 0.15) is 74.7 Å². The number of ketones is 1. The predicted molar refractivity (Wildman–Crippen MR) is 209 cm³/mol. The van der Waals surface area contributed by atoms with Crippen LogP contribution < -0.4 is 10.7 Å². The van der Waals surface area contributed by atoms with E-state index >= 15 is 0 Å². The number of carboxylic acid groups (broad SMARTS) is 1. The highest BCUT2D eigenvalue weighted by molar-refractivity contribution is 6.08. The molecule has 3 unspecified atom stereocenters. The number of Topliss-reactive ketones (excluding diaryl/α,β-unsaturated/α-hetero) is 1. The molecule has 1 aliphatic heterocycles. The fraction of sp³-hybridized carbons (Fsp3) is 0.432. The van der Waals surface area contributed by atoms with Crippen molar-refractivity contribution in [2.45, 2.75) is 77.0 Å². The van der Waals surface area contributed by atoms with Crippen molar-refractivity contribution >= 4 is 34.3 Å². The zero-order chi connectivity index (χ0) is 40.4. The number of aliphatic hydroxyl groups is 3. The lowest BCUT2D eigenvalue weighted by Crippen LogP contribution is -2.62. The first-order chi connectivity index (χ1) is 27.2. The SMILES string of the molecule is C[C@]12CC/C(=N\OCC(=O)NCc3c(O)ccc4c(-c5ccccc5C(=O)O)c5ccc(=O)cc-5oc34)C=C1CCC1C2[C@@H](O)C[C@@]2(C)C1CC[C@]2(O)C(=O)CO. The van der Waals surface area contributed by atoms with Crippen LogP contribution in [0.25, 0.3) is 33.4 Å². The van der Waals surface area contributed by atoms with Gasteiger partial charge in [-0.15, -0.1) is 0 Å². The van der Waals surface area contributed by atoms with Crippen molar-refractivity contribution in [3.63, 3.8) is 0 Å². The van der Waals surface area contributed by atoms with E-state index in [-0.39, 0.29) is 76.2 Å². The molecule has 0 saturated heterocycles. The van der Waals surface area contributed by atoms with E-state index in [0.717, 1.165) is 18.4 Å². The first-order valence-electron chi connectivity index (χ1n) is 19.5. The van der Waals surface area contributed by atoms with Crippen molar-refractivity contribution in [3.05, 3.63) is 87.6 Å². The summed E-state index contributed by atoms with van der Waals surface area (Å²) in [6.45, 7) is 2.77. The summed E-state index contributed by atoms with van der Waals surface area (Å²) in [7, 11) is 0. The fourth-order valence-electron chi connectivity index (χ4n) is 11.1. The van der Waals surface area contributed by atoms with Crippen LogP contribution in [0.2, 0.25) is 0 Å². The van der Waals surface area contributed by atoms with Crippen LogP contribution in [-0.2, 0) is 21.0 Å². The molecule has 13 nitrogen and oxygen atoms in total. The van der Waals surface area contributed by atoms with Gasteiger partial charge in [0.15, 0.2) is 17.8 Å². The highest BCUT2D eigenvalue weighted by Crippen LogP contribution is 2.67. The number of phenols is 1. The molecule has 8 rings (SSSR count). The summed E-state index contributed by atoms with van der Waals surface area (Å²) in [5.41, 5.74) is 0.573. The first-order valence-corrected chi connectivity index (χ1v) is 19.5. The molecule has 0 bridgehead atoms. The second kappa shape index (κ2) is 14.2. The molecule has 2 aromatic carbocycles. The van der Waals surface area contributed by atoms with E-state index in [0.29, 0.717) is 47.1 Å². The lowest BCUT2D eigenvalue weighted by atomic mass is 9.45. The summed E-state index contributed by atoms with van der Waals surface area (Å²) in [6, 6.07) is 13.8. The zero-order valence-electron chi connectivity index (χ0n) is 31.8. The van der Waals surface area contributed by atoms with Gasteiger partial charge in [-0.3, -0.25) is 14.4 Å². The molecule has 0 spiro atoms. The third-order valence-corrected chi connectivity index (χ3v) is 13.9. The number of allylic oxidation sites excluding steroid dienone is 2. The second-order valence-electron chi connectivity index (χ2n) is 16.6. The summed E-state index contributed by atoms with van der Waals surface area (Å²) in [4.78, 5) is 55.9. The smallest absolute Gasteiger partial charge is 0.336 e. The summed E-state index contributed by atoms with van der Waals surface area (Å²) in [5.74, 6) is -2.11. The van der Waals surface area contributed by atoms with Crippen LogP contribution in [0.15, 0.2) is 80.6 Å². The van der Waals surface area contributed by atoms with E-state index in [2.05, 4.69) is 17.4 Å². The van der Waals surface area contributed by atoms with Crippen molar-refractivity contribution in [2.75, 3.05) is 13.2 Å². The molecule has 2 aromatic rings. The second-order valence-corrected chi connectivity index (χ2v) is 16.6. The molecule has 3 fully saturated rings. The van der Waals surface area contributed by atoms with E-state index in [1.54, 1.807) is 30.3 Å². The number of aromatic hydroxyl groups is 1. The van der Waals surface area contributed by atoms with Gasteiger partial charge in [0.05, 0.1) is 29.5 Å². The number of nitrogens with zero attached hydrogens (tertiary/aromatic N) is 1. The Labute approximate surface area is 328 Å². The number of phenolic OH excluding ortho intramolecular Hbond substituents is 1. The Bertz CT molecular complexity index is 2400. The van der Waals surface area contributed by atoms with E-state index in [4.69, 9.17) is 9.25 Å². The number of aliphatic hydroxyl groups excluding tert-OH is 2. The summed E-state index contributed by atoms with van der Waals surface area (Å²) < 4.78 is 6.17. The molecule has 1 heterocycles. The lowest BCUT2D eigenvalue weighted by molar-refractivity contribution is -0.181. The maximum Gasteiger partial charge on any atom is 0.336 e. The number of hydrogen-bond acceptors (Lipinski definition) is 11. The predicted octanol–water partition coefficient (Wildman–Crippen LogP) is 5.18. The largest absolute Gasteiger partial charge is 0.507 e. The fourth-order valence-corrected chi connectivity index (χ4v) is 11.1. The minimum atomic E-state index is -1.65. The average Bonchev–Trinajstić information content (AvgIpc) is 3.46. The average molecular weight is 779 g/mol. The number of fused-ring (bicyclic) bond motifs is 7. The van der Waals surface area contributed by atoms with Crippen LogP contribution in [0, 0.1) is 28.6 Å². The summed E-state index contributed by atoms with van der Waals surface area (Å²) >= 11 is 0. The van der Waals surface area contributed by atoms with Crippen molar-refractivity contribution in [1.29, 1.82) is 0 Å². The quantitative estimate of drug-likeness (QED) is 0.0961. The number of benzene rings is 3. The van der Waals surface area contributed by atoms with E-state index < -0.39 is 48.0 Å². The summed E-state index contributed by atoms with van der Waals surface area (Å²) in [6.07, 6.45) is 5.33. The number of carbonyl (C=O) groups is 3. The van der Waals surface area contributed by atoms with Gasteiger partial charge in [0.1, 0.15) is 29.3 Å². The molecule has 7 atom stereocenters. The van der Waals surface area contributed by atoms with Crippen molar-refractivity contribution in [3.8, 4) is 28.2 Å². The van der Waals surface area contributed by atoms with Crippen LogP contribution in [0.4, 0.5) is 0 Å². The van der Waals surface area contributed by atoms with Gasteiger partial charge in [-0.2, -0.15) is 0 Å². The Morgan fingerprint density at radius 3 is 2.58 bits per heavy atom. The zero-order valence-corrected chi connectivity index (χ0v) is 31.8. The Morgan fingerprint density at radius 2 is 1.81 bits per heavy atom. The minimum Gasteiger partial charge on any atom is -0.507 e. The maximum atomic E-state index is 13.0. The van der Waals surface area contributed by atoms with Crippen LogP contribution in [-0.4, -0.2) is 73.8 Å². The van der Waals surface area contributed by atoms with Crippen molar-refractivity contribution in [2.24, 2.45) is 33.7 Å². The highest BCUT2D eigenvalue weighted by atomic mass is 16.6. The Hall–Kier alpha value is -5.37. The number of amides is 1. The van der Waals surface area contributed by atoms with Gasteiger partial charge in [0.25, 0.3) is 5.91 Å². The summed E-state index contributed by atoms with van der Waals surface area (Å²) in [5, 5.41) is 61.2. The van der Waals surface area contributed by atoms with Gasteiger partial charge in [-0.05, 0) is 110 Å². The molecular weight excluding hydrogens is 732 g/mol. The minimum absolute atomic E-state index is 0.0422. The van der Waals surface area contributed by atoms with Gasteiger partial charge in [0, 0.05) is 28.0 Å². The molecule has 1 amide bonds. The van der Waals surface area contributed by atoms with Gasteiger partial charge < -0.3 is 40.1 Å². The van der Waals surface area contributed by atoms with Crippen molar-refractivity contribution in [1.82, 2.24) is 5.32 Å². The molecule has 57 heavy (non-hydrogen) atoms. The van der Waals surface area contributed by atoms with E-state index in [1.807, 2.05) is 13.0 Å². The number of carboxylic acids is 1. The number of oxime groups is 1. The Morgan fingerprint density at radius 1 is 1.02 bits per heavy atom. The standard InChI is InChI=1S/C44H46N2O11/c1-42-15-13-24(17-23(42)7-9-28-32-14-16-44(55,36(51)21-47)43(32,2)19-34(50)39(28)42)46-56-22-37(52)45-20-31-33(49)12-11-30-38(26-5-3-4-6-27(26)41(53)54)29-10-8-25(48)18-35(29)57-40(30)31/h3-6,8,10-12,17-18,28,32,34,39,47,49-50,55H,7,9,13-16,19-22H2,1-2H3,(H,45,52)(H,53,54)/b46-24+/t28?,32?,34-,39?,42-,43-,44-/m0/s1. The Kier molecular flexibility index (Phi) is 9.61. The third kappa shape index (κ3) is 6.14. The normalized spacial score (nSPS) is 30.0. The van der Waals surface area contributed by atoms with Gasteiger partial charge >= 0.3 is 5.97 Å². The molecule has 6 aliphatic rings. The van der Waals surface area contributed by atoms with E-state index in [9.17, 15) is 44.7 Å². The molecule has 0 radical (unpaired) electrons. The topological polar surface area (TPSA) is 216 Å². The number of nitrogens with one attached hydrogen (secondary N) is 1. The number of carbonyl (C=O) groups excluding carboxylic acids is 2. The molecule has 0 aromatic heterocycles. The van der Waals surface area contributed by atoms with Gasteiger partial charge in [0.2, 0.25) is 0 Å². The number of hydrogen-bond donors (Lipinski definition) is 6. The van der Waals surface area contributed by atoms with Crippen molar-refractivity contribution < 1.29 is 49.2 Å². The lowest BCUT2D eigenvalue weighted by Gasteiger charge is -2.60. The molecule has 5 aliphatic carbocycles.